The molecule has 144 valence electrons. The molecule has 2 aromatic heterocycles. The van der Waals surface area contributed by atoms with Crippen molar-refractivity contribution in [2.75, 3.05) is 18.1 Å². The number of anilines is 1. The lowest BCUT2D eigenvalue weighted by molar-refractivity contribution is -0.385. The molecule has 3 aromatic rings. The number of nitro groups is 1. The molecule has 0 saturated carbocycles. The fraction of sp³-hybridized carbons (Fsp3) is 0.278. The molecule has 1 aliphatic rings. The van der Waals surface area contributed by atoms with Crippen molar-refractivity contribution in [2.45, 2.75) is 17.8 Å². The van der Waals surface area contributed by atoms with Gasteiger partial charge in [-0.15, -0.1) is 0 Å². The number of aromatic nitrogens is 4. The molecule has 10 heteroatoms. The lowest BCUT2D eigenvalue weighted by atomic mass is 10.1. The average molecular weight is 398 g/mol. The van der Waals surface area contributed by atoms with Crippen molar-refractivity contribution in [3.63, 3.8) is 0 Å². The molecule has 3 heterocycles. The Bertz CT molecular complexity index is 1080. The zero-order valence-corrected chi connectivity index (χ0v) is 16.2. The number of nitro benzene ring substituents is 1. The second-order valence-corrected chi connectivity index (χ2v) is 7.32. The standard InChI is InChI=1S/C18H18N6O3S/c1-12-3-4-13(9-14(12)24(25)26)10-28-18-20-16-15(19-11-22(16)2)17(21-18)23-5-7-27-8-6-23/h3-5,7,9,11H,6,8,10H2,1-2H3. The van der Waals surface area contributed by atoms with Gasteiger partial charge in [0.15, 0.2) is 22.1 Å². The Morgan fingerprint density at radius 2 is 2.21 bits per heavy atom. The molecular formula is C18H18N6O3S. The van der Waals surface area contributed by atoms with Gasteiger partial charge in [-0.3, -0.25) is 10.1 Å². The molecule has 0 atom stereocenters. The fourth-order valence-corrected chi connectivity index (χ4v) is 3.69. The van der Waals surface area contributed by atoms with E-state index in [9.17, 15) is 10.1 Å². The third-order valence-electron chi connectivity index (χ3n) is 4.42. The Kier molecular flexibility index (Phi) is 4.86. The lowest BCUT2D eigenvalue weighted by Crippen LogP contribution is -2.25. The summed E-state index contributed by atoms with van der Waals surface area (Å²) in [4.78, 5) is 26.5. The summed E-state index contributed by atoms with van der Waals surface area (Å²) in [6, 6.07) is 5.27. The quantitative estimate of drug-likeness (QED) is 0.280. The van der Waals surface area contributed by atoms with Gasteiger partial charge in [-0.1, -0.05) is 23.9 Å². The van der Waals surface area contributed by atoms with Crippen LogP contribution in [0.5, 0.6) is 0 Å². The minimum absolute atomic E-state index is 0.125. The van der Waals surface area contributed by atoms with E-state index in [0.717, 1.165) is 22.5 Å². The van der Waals surface area contributed by atoms with Gasteiger partial charge in [0, 0.05) is 30.6 Å². The van der Waals surface area contributed by atoms with E-state index in [1.165, 1.54) is 11.8 Å². The predicted molar refractivity (Wildman–Crippen MR) is 106 cm³/mol. The largest absolute Gasteiger partial charge is 0.498 e. The Morgan fingerprint density at radius 3 is 2.96 bits per heavy atom. The number of nitrogens with zero attached hydrogens (tertiary/aromatic N) is 6. The maximum absolute atomic E-state index is 11.2. The molecule has 1 aliphatic heterocycles. The van der Waals surface area contributed by atoms with Gasteiger partial charge in [0.05, 0.1) is 24.1 Å². The van der Waals surface area contributed by atoms with E-state index in [0.29, 0.717) is 29.6 Å². The van der Waals surface area contributed by atoms with Crippen LogP contribution in [0.15, 0.2) is 42.1 Å². The van der Waals surface area contributed by atoms with Crippen LogP contribution in [0.2, 0.25) is 0 Å². The van der Waals surface area contributed by atoms with Crippen LogP contribution in [0.1, 0.15) is 11.1 Å². The zero-order chi connectivity index (χ0) is 19.7. The summed E-state index contributed by atoms with van der Waals surface area (Å²) in [5, 5.41) is 11.8. The molecule has 0 aliphatic carbocycles. The number of aryl methyl sites for hydroxylation is 2. The lowest BCUT2D eigenvalue weighted by Gasteiger charge is -2.22. The van der Waals surface area contributed by atoms with E-state index < -0.39 is 0 Å². The van der Waals surface area contributed by atoms with Crippen LogP contribution in [-0.2, 0) is 17.5 Å². The predicted octanol–water partition coefficient (Wildman–Crippen LogP) is 3.18. The number of rotatable bonds is 5. The topological polar surface area (TPSA) is 99.2 Å². The summed E-state index contributed by atoms with van der Waals surface area (Å²) in [6.07, 6.45) is 5.18. The summed E-state index contributed by atoms with van der Waals surface area (Å²) >= 11 is 1.44. The number of imidazole rings is 1. The number of hydrogen-bond acceptors (Lipinski definition) is 8. The minimum atomic E-state index is -0.357. The first-order valence-corrected chi connectivity index (χ1v) is 9.62. The summed E-state index contributed by atoms with van der Waals surface area (Å²) in [5.41, 5.74) is 3.09. The Morgan fingerprint density at radius 1 is 1.36 bits per heavy atom. The number of thioether (sulfide) groups is 1. The van der Waals surface area contributed by atoms with Crippen LogP contribution >= 0.6 is 11.8 Å². The van der Waals surface area contributed by atoms with Crippen molar-refractivity contribution in [1.29, 1.82) is 0 Å². The first kappa shape index (κ1) is 18.2. The highest BCUT2D eigenvalue weighted by atomic mass is 32.2. The van der Waals surface area contributed by atoms with Crippen LogP contribution in [0.25, 0.3) is 11.2 Å². The van der Waals surface area contributed by atoms with Gasteiger partial charge in [-0.2, -0.15) is 0 Å². The molecule has 0 spiro atoms. The summed E-state index contributed by atoms with van der Waals surface area (Å²) < 4.78 is 7.12. The van der Waals surface area contributed by atoms with Crippen molar-refractivity contribution >= 4 is 34.4 Å². The van der Waals surface area contributed by atoms with Crippen molar-refractivity contribution < 1.29 is 9.66 Å². The molecule has 0 unspecified atom stereocenters. The van der Waals surface area contributed by atoms with Crippen molar-refractivity contribution in [3.05, 3.63) is 58.2 Å². The third kappa shape index (κ3) is 3.50. The molecule has 0 fully saturated rings. The fourth-order valence-electron chi connectivity index (χ4n) is 2.91. The maximum atomic E-state index is 11.2. The van der Waals surface area contributed by atoms with Crippen LogP contribution in [-0.4, -0.2) is 37.6 Å². The highest BCUT2D eigenvalue weighted by Gasteiger charge is 2.19. The second kappa shape index (κ2) is 7.47. The molecule has 0 amide bonds. The van der Waals surface area contributed by atoms with Gasteiger partial charge < -0.3 is 14.2 Å². The molecule has 0 saturated heterocycles. The van der Waals surface area contributed by atoms with Crippen LogP contribution < -0.4 is 4.90 Å². The SMILES string of the molecule is Cc1ccc(CSc2nc(N3C=COCC3)c3ncn(C)c3n2)cc1[N+](=O)[O-]. The highest BCUT2D eigenvalue weighted by molar-refractivity contribution is 7.98. The van der Waals surface area contributed by atoms with Crippen LogP contribution in [0, 0.1) is 17.0 Å². The summed E-state index contributed by atoms with van der Waals surface area (Å²) in [6.45, 7) is 2.98. The normalized spacial score (nSPS) is 13.7. The van der Waals surface area contributed by atoms with E-state index in [-0.39, 0.29) is 10.6 Å². The number of ether oxygens (including phenoxy) is 1. The van der Waals surface area contributed by atoms with Crippen molar-refractivity contribution in [2.24, 2.45) is 7.05 Å². The van der Waals surface area contributed by atoms with E-state index in [2.05, 4.69) is 15.0 Å². The van der Waals surface area contributed by atoms with E-state index in [1.807, 2.05) is 28.8 Å². The molecule has 9 nitrogen and oxygen atoms in total. The number of benzene rings is 1. The van der Waals surface area contributed by atoms with Crippen molar-refractivity contribution in [1.82, 2.24) is 19.5 Å². The Labute approximate surface area is 165 Å². The highest BCUT2D eigenvalue weighted by Crippen LogP contribution is 2.29. The van der Waals surface area contributed by atoms with Gasteiger partial charge in [-0.05, 0) is 12.5 Å². The third-order valence-corrected chi connectivity index (χ3v) is 5.34. The van der Waals surface area contributed by atoms with Crippen LogP contribution in [0.4, 0.5) is 11.5 Å². The van der Waals surface area contributed by atoms with Gasteiger partial charge in [0.2, 0.25) is 0 Å². The maximum Gasteiger partial charge on any atom is 0.272 e. The monoisotopic (exact) mass is 398 g/mol. The summed E-state index contributed by atoms with van der Waals surface area (Å²) in [5.74, 6) is 1.26. The Balaban J connectivity index is 1.65. The van der Waals surface area contributed by atoms with E-state index in [1.54, 1.807) is 31.6 Å². The molecule has 1 aromatic carbocycles. The first-order chi connectivity index (χ1) is 13.5. The van der Waals surface area contributed by atoms with Gasteiger partial charge in [0.1, 0.15) is 6.61 Å². The molecule has 0 N–H and O–H groups in total. The van der Waals surface area contributed by atoms with Crippen LogP contribution in [0.3, 0.4) is 0 Å². The number of fused-ring (bicyclic) bond motifs is 1. The van der Waals surface area contributed by atoms with Gasteiger partial charge in [0.25, 0.3) is 5.69 Å². The Hall–Kier alpha value is -3.14. The van der Waals surface area contributed by atoms with Gasteiger partial charge in [-0.25, -0.2) is 15.0 Å². The number of hydrogen-bond donors (Lipinski definition) is 0. The zero-order valence-electron chi connectivity index (χ0n) is 15.4. The average Bonchev–Trinajstić information content (AvgIpc) is 3.08. The molecule has 4 rings (SSSR count). The van der Waals surface area contributed by atoms with Crippen molar-refractivity contribution in [3.8, 4) is 0 Å². The van der Waals surface area contributed by atoms with E-state index in [4.69, 9.17) is 4.74 Å². The first-order valence-electron chi connectivity index (χ1n) is 8.63. The summed E-state index contributed by atoms with van der Waals surface area (Å²) in [7, 11) is 1.89. The molecule has 0 bridgehead atoms. The second-order valence-electron chi connectivity index (χ2n) is 6.37. The smallest absolute Gasteiger partial charge is 0.272 e. The van der Waals surface area contributed by atoms with E-state index >= 15 is 0 Å². The molecular weight excluding hydrogens is 380 g/mol. The van der Waals surface area contributed by atoms with Gasteiger partial charge >= 0.3 is 0 Å². The molecule has 28 heavy (non-hydrogen) atoms. The minimum Gasteiger partial charge on any atom is -0.498 e. The molecule has 0 radical (unpaired) electrons.